The maximum atomic E-state index is 11.4. The maximum absolute atomic E-state index is 11.4. The lowest BCUT2D eigenvalue weighted by Crippen LogP contribution is -2.33. The van der Waals surface area contributed by atoms with E-state index in [1.165, 1.54) is 6.92 Å². The molecule has 0 aliphatic heterocycles. The minimum atomic E-state index is -0.488. The third kappa shape index (κ3) is 6.47. The van der Waals surface area contributed by atoms with Crippen LogP contribution in [0.25, 0.3) is 0 Å². The molecule has 0 fully saturated rings. The molecular formula is C16H25N3O3. The Bertz CT molecular complexity index is 536. The van der Waals surface area contributed by atoms with Gasteiger partial charge >= 0.3 is 6.09 Å². The van der Waals surface area contributed by atoms with Crippen molar-refractivity contribution in [2.24, 2.45) is 0 Å². The first-order chi connectivity index (χ1) is 10.2. The van der Waals surface area contributed by atoms with Crippen molar-refractivity contribution < 1.29 is 14.3 Å². The molecule has 0 heterocycles. The van der Waals surface area contributed by atoms with Crippen molar-refractivity contribution >= 4 is 23.3 Å². The zero-order chi connectivity index (χ0) is 16.8. The molecule has 22 heavy (non-hydrogen) atoms. The largest absolute Gasteiger partial charge is 0.444 e. The highest BCUT2D eigenvalue weighted by Gasteiger charge is 2.15. The molecule has 0 aliphatic rings. The van der Waals surface area contributed by atoms with Crippen molar-refractivity contribution in [3.05, 3.63) is 23.8 Å². The van der Waals surface area contributed by atoms with Crippen LogP contribution in [0, 0.1) is 0 Å². The number of ether oxygens (including phenoxy) is 1. The number of nitrogen functional groups attached to an aromatic ring is 1. The number of carbonyl (C=O) groups is 2. The molecule has 6 heteroatoms. The van der Waals surface area contributed by atoms with Gasteiger partial charge in [-0.3, -0.25) is 4.79 Å². The highest BCUT2D eigenvalue weighted by molar-refractivity contribution is 5.99. The molecule has 0 radical (unpaired) electrons. The Morgan fingerprint density at radius 1 is 1.23 bits per heavy atom. The molecule has 122 valence electrons. The molecule has 1 amide bonds. The number of amides is 1. The molecule has 0 aromatic heterocycles. The second kappa shape index (κ2) is 7.68. The summed E-state index contributed by atoms with van der Waals surface area (Å²) in [5, 5.41) is 5.88. The molecule has 0 bridgehead atoms. The Labute approximate surface area is 131 Å². The van der Waals surface area contributed by atoms with Gasteiger partial charge in [0.05, 0.1) is 0 Å². The normalized spacial score (nSPS) is 10.9. The summed E-state index contributed by atoms with van der Waals surface area (Å²) in [4.78, 5) is 22.7. The average Bonchev–Trinajstić information content (AvgIpc) is 2.35. The van der Waals surface area contributed by atoms with E-state index in [4.69, 9.17) is 10.5 Å². The minimum absolute atomic E-state index is 0.0504. The van der Waals surface area contributed by atoms with Crippen LogP contribution in [-0.4, -0.2) is 30.6 Å². The van der Waals surface area contributed by atoms with Crippen LogP contribution in [0.1, 0.15) is 44.5 Å². The van der Waals surface area contributed by atoms with Crippen LogP contribution in [0.15, 0.2) is 18.2 Å². The zero-order valence-corrected chi connectivity index (χ0v) is 13.7. The molecule has 0 spiro atoms. The highest BCUT2D eigenvalue weighted by atomic mass is 16.6. The first-order valence-corrected chi connectivity index (χ1v) is 7.30. The van der Waals surface area contributed by atoms with E-state index in [9.17, 15) is 9.59 Å². The number of hydrogen-bond acceptors (Lipinski definition) is 5. The van der Waals surface area contributed by atoms with Gasteiger partial charge in [-0.1, -0.05) is 0 Å². The van der Waals surface area contributed by atoms with Crippen LogP contribution in [0.4, 0.5) is 16.2 Å². The van der Waals surface area contributed by atoms with Crippen LogP contribution < -0.4 is 16.4 Å². The Hall–Kier alpha value is -2.24. The van der Waals surface area contributed by atoms with E-state index in [1.54, 1.807) is 12.1 Å². The van der Waals surface area contributed by atoms with Crippen molar-refractivity contribution in [2.45, 2.75) is 39.7 Å². The number of carbonyl (C=O) groups excluding carboxylic acids is 2. The van der Waals surface area contributed by atoms with Crippen molar-refractivity contribution in [3.63, 3.8) is 0 Å². The lowest BCUT2D eigenvalue weighted by Gasteiger charge is -2.19. The second-order valence-electron chi connectivity index (χ2n) is 6.07. The molecule has 0 atom stereocenters. The molecule has 6 nitrogen and oxygen atoms in total. The molecule has 4 N–H and O–H groups in total. The van der Waals surface area contributed by atoms with Gasteiger partial charge in [-0.2, -0.15) is 0 Å². The molecular weight excluding hydrogens is 282 g/mol. The van der Waals surface area contributed by atoms with Gasteiger partial charge in [-0.05, 0) is 52.3 Å². The number of nitrogens with one attached hydrogen (secondary N) is 2. The number of benzene rings is 1. The standard InChI is InChI=1S/C16H25N3O3/c1-11(20)13-7-6-12(10-14(13)17)18-8-5-9-19-15(21)22-16(2,3)4/h6-7,10,18H,5,8-9,17H2,1-4H3,(H,19,21). The first kappa shape index (κ1) is 17.8. The van der Waals surface area contributed by atoms with Crippen LogP contribution in [0.3, 0.4) is 0 Å². The number of rotatable bonds is 6. The SMILES string of the molecule is CC(=O)c1ccc(NCCCNC(=O)OC(C)(C)C)cc1N. The molecule has 1 aromatic carbocycles. The fourth-order valence-corrected chi connectivity index (χ4v) is 1.82. The molecule has 1 aromatic rings. The van der Waals surface area contributed by atoms with Crippen LogP contribution in [-0.2, 0) is 4.74 Å². The van der Waals surface area contributed by atoms with Crippen LogP contribution in [0.5, 0.6) is 0 Å². The van der Waals surface area contributed by atoms with E-state index in [1.807, 2.05) is 26.8 Å². The number of ketones is 1. The zero-order valence-electron chi connectivity index (χ0n) is 13.7. The summed E-state index contributed by atoms with van der Waals surface area (Å²) in [5.41, 5.74) is 7.16. The van der Waals surface area contributed by atoms with Gasteiger partial charge in [0.2, 0.25) is 0 Å². The van der Waals surface area contributed by atoms with Gasteiger partial charge in [0.1, 0.15) is 5.60 Å². The predicted octanol–water partition coefficient (Wildman–Crippen LogP) is 2.80. The van der Waals surface area contributed by atoms with E-state index >= 15 is 0 Å². The van der Waals surface area contributed by atoms with Gasteiger partial charge in [-0.15, -0.1) is 0 Å². The third-order valence-corrected chi connectivity index (χ3v) is 2.78. The third-order valence-electron chi connectivity index (χ3n) is 2.78. The maximum Gasteiger partial charge on any atom is 0.407 e. The Morgan fingerprint density at radius 2 is 1.91 bits per heavy atom. The van der Waals surface area contributed by atoms with Gasteiger partial charge < -0.3 is 21.1 Å². The Kier molecular flexibility index (Phi) is 6.22. The first-order valence-electron chi connectivity index (χ1n) is 7.30. The van der Waals surface area contributed by atoms with E-state index < -0.39 is 11.7 Å². The fourth-order valence-electron chi connectivity index (χ4n) is 1.82. The van der Waals surface area contributed by atoms with Crippen LogP contribution in [0.2, 0.25) is 0 Å². The van der Waals surface area contributed by atoms with E-state index in [2.05, 4.69) is 10.6 Å². The number of Topliss-reactive ketones (excluding diaryl/α,β-unsaturated/α-hetero) is 1. The monoisotopic (exact) mass is 307 g/mol. The molecule has 0 saturated heterocycles. The predicted molar refractivity (Wildman–Crippen MR) is 88.2 cm³/mol. The minimum Gasteiger partial charge on any atom is -0.444 e. The summed E-state index contributed by atoms with van der Waals surface area (Å²) in [5.74, 6) is -0.0504. The molecule has 1 rings (SSSR count). The summed E-state index contributed by atoms with van der Waals surface area (Å²) in [6.45, 7) is 8.15. The fraction of sp³-hybridized carbons (Fsp3) is 0.500. The quantitative estimate of drug-likeness (QED) is 0.427. The summed E-state index contributed by atoms with van der Waals surface area (Å²) < 4.78 is 5.13. The summed E-state index contributed by atoms with van der Waals surface area (Å²) in [6.07, 6.45) is 0.329. The van der Waals surface area contributed by atoms with E-state index in [-0.39, 0.29) is 5.78 Å². The number of hydrogen-bond donors (Lipinski definition) is 3. The molecule has 0 saturated carbocycles. The van der Waals surface area contributed by atoms with Crippen molar-refractivity contribution in [1.82, 2.24) is 5.32 Å². The number of alkyl carbamates (subject to hydrolysis) is 1. The average molecular weight is 307 g/mol. The van der Waals surface area contributed by atoms with Gasteiger partial charge in [-0.25, -0.2) is 4.79 Å². The molecule has 0 aliphatic carbocycles. The van der Waals surface area contributed by atoms with Gasteiger partial charge in [0, 0.05) is 30.0 Å². The van der Waals surface area contributed by atoms with Crippen LogP contribution >= 0.6 is 0 Å². The summed E-state index contributed by atoms with van der Waals surface area (Å²) in [6, 6.07) is 5.26. The van der Waals surface area contributed by atoms with Gasteiger partial charge in [0.25, 0.3) is 0 Å². The van der Waals surface area contributed by atoms with Crippen molar-refractivity contribution in [2.75, 3.05) is 24.1 Å². The number of nitrogens with two attached hydrogens (primary N) is 1. The summed E-state index contributed by atoms with van der Waals surface area (Å²) in [7, 11) is 0. The smallest absolute Gasteiger partial charge is 0.407 e. The van der Waals surface area contributed by atoms with Crippen molar-refractivity contribution in [1.29, 1.82) is 0 Å². The van der Waals surface area contributed by atoms with Crippen molar-refractivity contribution in [3.8, 4) is 0 Å². The topological polar surface area (TPSA) is 93.5 Å². The van der Waals surface area contributed by atoms with E-state index in [0.29, 0.717) is 24.3 Å². The lowest BCUT2D eigenvalue weighted by atomic mass is 10.1. The highest BCUT2D eigenvalue weighted by Crippen LogP contribution is 2.18. The molecule has 0 unspecified atom stereocenters. The summed E-state index contributed by atoms with van der Waals surface area (Å²) >= 11 is 0. The van der Waals surface area contributed by atoms with E-state index in [0.717, 1.165) is 12.1 Å². The second-order valence-corrected chi connectivity index (χ2v) is 6.07. The lowest BCUT2D eigenvalue weighted by molar-refractivity contribution is 0.0527. The Balaban J connectivity index is 2.29. The van der Waals surface area contributed by atoms with Gasteiger partial charge in [0.15, 0.2) is 5.78 Å². The number of anilines is 2. The Morgan fingerprint density at radius 3 is 2.45 bits per heavy atom.